The summed E-state index contributed by atoms with van der Waals surface area (Å²) in [5, 5.41) is 2.00. The Labute approximate surface area is 398 Å². The van der Waals surface area contributed by atoms with E-state index in [0.29, 0.717) is 28.9 Å². The number of para-hydroxylation sites is 4. The van der Waals surface area contributed by atoms with E-state index < -0.39 is 0 Å². The van der Waals surface area contributed by atoms with Crippen LogP contribution < -0.4 is 29.1 Å². The third-order valence-electron chi connectivity index (χ3n) is 11.3. The van der Waals surface area contributed by atoms with E-state index in [1.165, 1.54) is 0 Å². The van der Waals surface area contributed by atoms with Gasteiger partial charge in [0.25, 0.3) is 0 Å². The van der Waals surface area contributed by atoms with Gasteiger partial charge >= 0.3 is 0 Å². The minimum absolute atomic E-state index is 0. The van der Waals surface area contributed by atoms with Crippen molar-refractivity contribution < 1.29 is 51.6 Å². The van der Waals surface area contributed by atoms with Crippen LogP contribution in [0.3, 0.4) is 0 Å². The van der Waals surface area contributed by atoms with Crippen molar-refractivity contribution in [1.82, 2.24) is 14.5 Å². The van der Waals surface area contributed by atoms with Gasteiger partial charge in [0, 0.05) is 89.4 Å². The van der Waals surface area contributed by atoms with Crippen LogP contribution in [0.4, 0.5) is 34.1 Å². The Kier molecular flexibility index (Phi) is 11.7. The zero-order valence-corrected chi connectivity index (χ0v) is 40.7. The van der Waals surface area contributed by atoms with Crippen LogP contribution in [0.2, 0.25) is 0 Å². The quantitative estimate of drug-likeness (QED) is 0.146. The molecule has 0 radical (unpaired) electrons. The van der Waals surface area contributed by atoms with Crippen molar-refractivity contribution in [3.63, 3.8) is 0 Å². The van der Waals surface area contributed by atoms with Crippen molar-refractivity contribution in [1.29, 1.82) is 0 Å². The molecule has 10 rings (SSSR count). The van der Waals surface area contributed by atoms with E-state index in [9.17, 15) is 0 Å². The minimum Gasteiger partial charge on any atom is -0.504 e. The van der Waals surface area contributed by atoms with Crippen LogP contribution in [0.1, 0.15) is 52.7 Å². The second-order valence-electron chi connectivity index (χ2n) is 17.7. The van der Waals surface area contributed by atoms with Gasteiger partial charge in [-0.2, -0.15) is 54.1 Å². The van der Waals surface area contributed by atoms with E-state index in [4.69, 9.17) is 9.47 Å². The number of nitrogens with zero attached hydrogens (tertiary/aromatic N) is 7. The fourth-order valence-electron chi connectivity index (χ4n) is 8.02. The van der Waals surface area contributed by atoms with Crippen molar-refractivity contribution in [2.24, 2.45) is 0 Å². The molecule has 11 heteroatoms. The largest absolute Gasteiger partial charge is 0.504 e. The van der Waals surface area contributed by atoms with Crippen molar-refractivity contribution >= 4 is 55.9 Å². The third kappa shape index (κ3) is 8.22. The molecule has 0 fully saturated rings. The Bertz CT molecular complexity index is 2800. The van der Waals surface area contributed by atoms with E-state index in [0.717, 1.165) is 67.1 Å². The van der Waals surface area contributed by atoms with Gasteiger partial charge in [0.15, 0.2) is 0 Å². The summed E-state index contributed by atoms with van der Waals surface area (Å²) in [6, 6.07) is 49.9. The summed E-state index contributed by atoms with van der Waals surface area (Å²) in [4.78, 5) is 17.8. The van der Waals surface area contributed by atoms with Crippen LogP contribution in [-0.2, 0) is 53.0 Å². The molecule has 0 saturated heterocycles. The number of pyridine rings is 2. The van der Waals surface area contributed by atoms with Crippen LogP contribution in [0.5, 0.6) is 23.3 Å². The van der Waals surface area contributed by atoms with Gasteiger partial charge in [-0.3, -0.25) is 12.1 Å². The van der Waals surface area contributed by atoms with Crippen LogP contribution in [0.25, 0.3) is 27.5 Å². The maximum Gasteiger partial charge on any atom is 0.215 e. The summed E-state index contributed by atoms with van der Waals surface area (Å²) in [6.45, 7) is 17.2. The van der Waals surface area contributed by atoms with Gasteiger partial charge in [-0.05, 0) is 72.5 Å². The maximum absolute atomic E-state index is 6.59. The van der Waals surface area contributed by atoms with Crippen molar-refractivity contribution in [3.8, 4) is 28.9 Å². The molecule has 5 aromatic carbocycles. The number of anilines is 6. The molecule has 0 bridgehead atoms. The molecule has 0 aliphatic carbocycles. The Morgan fingerprint density at radius 1 is 0.508 bits per heavy atom. The van der Waals surface area contributed by atoms with Gasteiger partial charge in [0.1, 0.15) is 0 Å². The van der Waals surface area contributed by atoms with E-state index in [1.54, 1.807) is 18.5 Å². The first kappa shape index (κ1) is 44.0. The molecule has 5 heterocycles. The van der Waals surface area contributed by atoms with Crippen molar-refractivity contribution in [2.45, 2.75) is 52.4 Å². The Morgan fingerprint density at radius 2 is 0.921 bits per heavy atom. The number of rotatable bonds is 7. The van der Waals surface area contributed by atoms with Crippen LogP contribution in [0.15, 0.2) is 116 Å². The molecule has 0 spiro atoms. The first-order valence-electron chi connectivity index (χ1n) is 20.4. The molecule has 9 nitrogen and oxygen atoms in total. The second-order valence-corrected chi connectivity index (χ2v) is 17.7. The summed E-state index contributed by atoms with van der Waals surface area (Å²) in [5.74, 6) is 1.71. The average Bonchev–Trinajstić information content (AvgIpc) is 3.88. The van der Waals surface area contributed by atoms with Crippen molar-refractivity contribution in [3.05, 3.63) is 164 Å². The number of hydrogen-bond donors (Lipinski definition) is 0. The van der Waals surface area contributed by atoms with Gasteiger partial charge in [-0.25, -0.2) is 16.0 Å². The Morgan fingerprint density at radius 3 is 1.33 bits per heavy atom. The van der Waals surface area contributed by atoms with Gasteiger partial charge in [-0.1, -0.05) is 88.3 Å². The minimum atomic E-state index is -0.105. The number of hydrogen-bond acceptors (Lipinski definition) is 8. The molecule has 0 atom stereocenters. The molecule has 8 aromatic rings. The van der Waals surface area contributed by atoms with Crippen LogP contribution in [-0.4, -0.2) is 28.6 Å². The predicted molar refractivity (Wildman–Crippen MR) is 245 cm³/mol. The molecular formula is C52H45N7O2Pt2-6. The zero-order valence-electron chi connectivity index (χ0n) is 36.2. The van der Waals surface area contributed by atoms with E-state index >= 15 is 0 Å². The molecule has 2 aliphatic heterocycles. The SMILES string of the molecule is CN1[CH-]N(c2[c-]c3c(cc2)c2ccc(N4[CH-]N(C)c5ccccc54)[c-]c2n3-c2[c-]c(Oc3cc(C(C)(C)C)ccn3)cc(Oc3cc(C(C)(C)C)ccn3)[c-]2)c2ccccc21.[Pt].[Pt]. The van der Waals surface area contributed by atoms with E-state index in [-0.39, 0.29) is 53.0 Å². The predicted octanol–water partition coefficient (Wildman–Crippen LogP) is 12.4. The van der Waals surface area contributed by atoms with E-state index in [1.807, 2.05) is 24.3 Å². The molecular weight excluding hydrogens is 1140 g/mol. The molecule has 2 aliphatic rings. The smallest absolute Gasteiger partial charge is 0.215 e. The molecule has 0 N–H and O–H groups in total. The summed E-state index contributed by atoms with van der Waals surface area (Å²) < 4.78 is 15.3. The molecule has 0 unspecified atom stereocenters. The summed E-state index contributed by atoms with van der Waals surface area (Å²) in [7, 11) is 4.12. The van der Waals surface area contributed by atoms with Crippen LogP contribution in [0, 0.1) is 37.6 Å². The zero-order chi connectivity index (χ0) is 42.2. The number of ether oxygens (including phenoxy) is 2. The first-order valence-corrected chi connectivity index (χ1v) is 20.4. The second kappa shape index (κ2) is 16.8. The monoisotopic (exact) mass is 1190 g/mol. The van der Waals surface area contributed by atoms with Crippen LogP contribution >= 0.6 is 0 Å². The molecule has 0 saturated carbocycles. The van der Waals surface area contributed by atoms with Gasteiger partial charge in [0.2, 0.25) is 11.8 Å². The third-order valence-corrected chi connectivity index (χ3v) is 11.3. The average molecular weight is 1190 g/mol. The van der Waals surface area contributed by atoms with E-state index in [2.05, 4.69) is 200 Å². The first-order chi connectivity index (χ1) is 29.3. The molecule has 0 amide bonds. The normalized spacial score (nSPS) is 13.5. The molecule has 63 heavy (non-hydrogen) atoms. The number of fused-ring (bicyclic) bond motifs is 5. The standard InChI is InChI=1S/C52H45N7O2.2Pt/c1-51(2,3)34-21-23-53-49(25-34)60-39-27-38(28-40(31-39)61-50-26-35(22-24-54-50)52(4,5)6)59-47-29-36(57-32-55(7)43-13-9-11-15-45(43)57)17-19-41(47)42-20-18-37(30-48(42)59)58-33-56(8)44-14-10-12-16-46(44)58;;/h9-26,31-33H,1-8H3;;/q-6;;. The summed E-state index contributed by atoms with van der Waals surface area (Å²) in [6.07, 6.45) is 3.56. The number of aromatic nitrogens is 3. The fraction of sp³-hybridized carbons (Fsp3) is 0.192. The maximum atomic E-state index is 6.59. The fourth-order valence-corrected chi connectivity index (χ4v) is 8.02. The molecule has 326 valence electrons. The number of benzene rings is 5. The van der Waals surface area contributed by atoms with Gasteiger partial charge < -0.3 is 33.6 Å². The molecule has 3 aromatic heterocycles. The van der Waals surface area contributed by atoms with Gasteiger partial charge in [-0.15, -0.1) is 23.5 Å². The Balaban J connectivity index is 0.00000272. The summed E-state index contributed by atoms with van der Waals surface area (Å²) in [5.41, 5.74) is 10.3. The Hall–Kier alpha value is -5.62. The van der Waals surface area contributed by atoms with Gasteiger partial charge in [0.05, 0.1) is 0 Å². The topological polar surface area (TPSA) is 62.1 Å². The summed E-state index contributed by atoms with van der Waals surface area (Å²) >= 11 is 0. The van der Waals surface area contributed by atoms with Crippen molar-refractivity contribution in [2.75, 3.05) is 33.7 Å².